The van der Waals surface area contributed by atoms with Gasteiger partial charge in [-0.2, -0.15) is 0 Å². The number of hydrogen-bond donors (Lipinski definition) is 2. The Bertz CT molecular complexity index is 250. The molecular formula is C11H21NO3. The maximum absolute atomic E-state index is 11.4. The molecule has 1 aliphatic rings. The van der Waals surface area contributed by atoms with Crippen molar-refractivity contribution in [2.45, 2.75) is 57.7 Å². The third kappa shape index (κ3) is 2.92. The number of carbonyl (C=O) groups is 1. The van der Waals surface area contributed by atoms with Crippen LogP contribution in [0.5, 0.6) is 0 Å². The highest BCUT2D eigenvalue weighted by atomic mass is 16.5. The summed E-state index contributed by atoms with van der Waals surface area (Å²) in [5.74, 6) is -0.771. The van der Waals surface area contributed by atoms with Gasteiger partial charge in [0.15, 0.2) is 0 Å². The van der Waals surface area contributed by atoms with Gasteiger partial charge >= 0.3 is 5.97 Å². The van der Waals surface area contributed by atoms with E-state index < -0.39 is 11.5 Å². The van der Waals surface area contributed by atoms with Crippen molar-refractivity contribution in [1.82, 2.24) is 5.32 Å². The molecule has 88 valence electrons. The van der Waals surface area contributed by atoms with E-state index in [1.54, 1.807) is 0 Å². The van der Waals surface area contributed by atoms with Gasteiger partial charge in [-0.1, -0.05) is 0 Å². The van der Waals surface area contributed by atoms with Gasteiger partial charge in [-0.25, -0.2) is 0 Å². The number of aliphatic carboxylic acids is 1. The smallest absolute Gasteiger partial charge is 0.324 e. The van der Waals surface area contributed by atoms with Crippen molar-refractivity contribution in [3.8, 4) is 0 Å². The van der Waals surface area contributed by atoms with Gasteiger partial charge in [0.2, 0.25) is 0 Å². The predicted molar refractivity (Wildman–Crippen MR) is 57.9 cm³/mol. The lowest BCUT2D eigenvalue weighted by atomic mass is 9.81. The van der Waals surface area contributed by atoms with Crippen molar-refractivity contribution < 1.29 is 14.6 Å². The van der Waals surface area contributed by atoms with Crippen LogP contribution in [0.4, 0.5) is 0 Å². The summed E-state index contributed by atoms with van der Waals surface area (Å²) >= 11 is 0. The van der Waals surface area contributed by atoms with Gasteiger partial charge in [0, 0.05) is 19.1 Å². The molecule has 4 heteroatoms. The van der Waals surface area contributed by atoms with E-state index in [1.807, 2.05) is 27.7 Å². The van der Waals surface area contributed by atoms with Gasteiger partial charge in [0.05, 0.1) is 5.60 Å². The minimum absolute atomic E-state index is 0.162. The summed E-state index contributed by atoms with van der Waals surface area (Å²) in [5, 5.41) is 12.5. The first-order chi connectivity index (χ1) is 6.77. The Kier molecular flexibility index (Phi) is 3.41. The van der Waals surface area contributed by atoms with Crippen LogP contribution in [0, 0.1) is 0 Å². The summed E-state index contributed by atoms with van der Waals surface area (Å²) in [6.07, 6.45) is 1.04. The first kappa shape index (κ1) is 12.5. The fourth-order valence-electron chi connectivity index (χ4n) is 2.29. The number of carboxylic acid groups (broad SMARTS) is 1. The average Bonchev–Trinajstić information content (AvgIpc) is 1.99. The minimum Gasteiger partial charge on any atom is -0.480 e. The van der Waals surface area contributed by atoms with Crippen molar-refractivity contribution in [2.24, 2.45) is 0 Å². The highest BCUT2D eigenvalue weighted by Gasteiger charge is 2.46. The van der Waals surface area contributed by atoms with E-state index in [0.717, 1.165) is 0 Å². The molecule has 0 aliphatic carbocycles. The lowest BCUT2D eigenvalue weighted by Crippen LogP contribution is -2.61. The van der Waals surface area contributed by atoms with Gasteiger partial charge in [-0.05, 0) is 34.1 Å². The van der Waals surface area contributed by atoms with E-state index in [-0.39, 0.29) is 11.6 Å². The van der Waals surface area contributed by atoms with Crippen LogP contribution >= 0.6 is 0 Å². The summed E-state index contributed by atoms with van der Waals surface area (Å²) in [4.78, 5) is 11.4. The normalized spacial score (nSPS) is 30.5. The third-order valence-corrected chi connectivity index (χ3v) is 2.72. The molecular weight excluding hydrogens is 194 g/mol. The van der Waals surface area contributed by atoms with Gasteiger partial charge in [0.25, 0.3) is 0 Å². The number of ether oxygens (including phenoxy) is 1. The highest BCUT2D eigenvalue weighted by Crippen LogP contribution is 2.32. The zero-order chi connectivity index (χ0) is 11.7. The SMILES string of the molecule is CC(C)NC1(C(=O)O)CCOC(C)(C)C1. The summed E-state index contributed by atoms with van der Waals surface area (Å²) in [6.45, 7) is 8.30. The Morgan fingerprint density at radius 3 is 2.47 bits per heavy atom. The molecule has 1 rings (SSSR count). The van der Waals surface area contributed by atoms with Crippen LogP contribution in [-0.4, -0.2) is 34.9 Å². The van der Waals surface area contributed by atoms with E-state index in [1.165, 1.54) is 0 Å². The topological polar surface area (TPSA) is 58.6 Å². The second-order valence-electron chi connectivity index (χ2n) is 5.22. The molecule has 0 saturated carbocycles. The van der Waals surface area contributed by atoms with Crippen molar-refractivity contribution in [2.75, 3.05) is 6.61 Å². The van der Waals surface area contributed by atoms with Gasteiger partial charge in [-0.15, -0.1) is 0 Å². The monoisotopic (exact) mass is 215 g/mol. The van der Waals surface area contributed by atoms with Crippen LogP contribution in [0.2, 0.25) is 0 Å². The minimum atomic E-state index is -0.823. The van der Waals surface area contributed by atoms with Crippen LogP contribution < -0.4 is 5.32 Å². The van der Waals surface area contributed by atoms with Gasteiger partial charge in [0.1, 0.15) is 5.54 Å². The lowest BCUT2D eigenvalue weighted by molar-refractivity contribution is -0.158. The molecule has 1 fully saturated rings. The van der Waals surface area contributed by atoms with Crippen molar-refractivity contribution >= 4 is 5.97 Å². The molecule has 4 nitrogen and oxygen atoms in total. The molecule has 15 heavy (non-hydrogen) atoms. The fraction of sp³-hybridized carbons (Fsp3) is 0.909. The Labute approximate surface area is 91.0 Å². The van der Waals surface area contributed by atoms with Crippen molar-refractivity contribution in [3.05, 3.63) is 0 Å². The van der Waals surface area contributed by atoms with Crippen LogP contribution in [-0.2, 0) is 9.53 Å². The first-order valence-electron chi connectivity index (χ1n) is 5.42. The third-order valence-electron chi connectivity index (χ3n) is 2.72. The van der Waals surface area contributed by atoms with Crippen molar-refractivity contribution in [1.29, 1.82) is 0 Å². The molecule has 0 aromatic carbocycles. The van der Waals surface area contributed by atoms with E-state index >= 15 is 0 Å². The summed E-state index contributed by atoms with van der Waals surface area (Å²) in [7, 11) is 0. The molecule has 0 spiro atoms. The van der Waals surface area contributed by atoms with Crippen LogP contribution in [0.1, 0.15) is 40.5 Å². The van der Waals surface area contributed by atoms with Gasteiger partial charge in [-0.3, -0.25) is 10.1 Å². The van der Waals surface area contributed by atoms with E-state index in [2.05, 4.69) is 5.32 Å². The standard InChI is InChI=1S/C11H21NO3/c1-8(2)12-11(9(13)14)5-6-15-10(3,4)7-11/h8,12H,5-7H2,1-4H3,(H,13,14). The van der Waals surface area contributed by atoms with Crippen molar-refractivity contribution in [3.63, 3.8) is 0 Å². The van der Waals surface area contributed by atoms with Crippen LogP contribution in [0.25, 0.3) is 0 Å². The molecule has 1 aliphatic heterocycles. The Balaban J connectivity index is 2.86. The zero-order valence-corrected chi connectivity index (χ0v) is 9.96. The zero-order valence-electron chi connectivity index (χ0n) is 9.96. The summed E-state index contributed by atoms with van der Waals surface area (Å²) < 4.78 is 5.55. The van der Waals surface area contributed by atoms with Crippen LogP contribution in [0.15, 0.2) is 0 Å². The molecule has 1 unspecified atom stereocenters. The average molecular weight is 215 g/mol. The number of nitrogens with one attached hydrogen (secondary N) is 1. The quantitative estimate of drug-likeness (QED) is 0.747. The molecule has 0 aromatic rings. The molecule has 0 radical (unpaired) electrons. The molecule has 1 atom stereocenters. The number of rotatable bonds is 3. The molecule has 2 N–H and O–H groups in total. The first-order valence-corrected chi connectivity index (χ1v) is 5.42. The predicted octanol–water partition coefficient (Wildman–Crippen LogP) is 1.40. The van der Waals surface area contributed by atoms with E-state index in [4.69, 9.17) is 4.74 Å². The van der Waals surface area contributed by atoms with E-state index in [0.29, 0.717) is 19.4 Å². The second kappa shape index (κ2) is 4.10. The molecule has 0 bridgehead atoms. The Morgan fingerprint density at radius 1 is 1.47 bits per heavy atom. The summed E-state index contributed by atoms with van der Waals surface area (Å²) in [6, 6.07) is 0.162. The Hall–Kier alpha value is -0.610. The lowest BCUT2D eigenvalue weighted by Gasteiger charge is -2.43. The number of carboxylic acids is 1. The molecule has 1 saturated heterocycles. The fourth-order valence-corrected chi connectivity index (χ4v) is 2.29. The highest BCUT2D eigenvalue weighted by molar-refractivity contribution is 5.79. The molecule has 0 amide bonds. The molecule has 1 heterocycles. The van der Waals surface area contributed by atoms with Crippen LogP contribution in [0.3, 0.4) is 0 Å². The van der Waals surface area contributed by atoms with Gasteiger partial charge < -0.3 is 9.84 Å². The number of hydrogen-bond acceptors (Lipinski definition) is 3. The maximum atomic E-state index is 11.4. The second-order valence-corrected chi connectivity index (χ2v) is 5.22. The molecule has 0 aromatic heterocycles. The Morgan fingerprint density at radius 2 is 2.07 bits per heavy atom. The summed E-state index contributed by atoms with van der Waals surface area (Å²) in [5.41, 5.74) is -1.19. The maximum Gasteiger partial charge on any atom is 0.324 e. The van der Waals surface area contributed by atoms with E-state index in [9.17, 15) is 9.90 Å². The largest absolute Gasteiger partial charge is 0.480 e.